The van der Waals surface area contributed by atoms with Crippen molar-refractivity contribution < 1.29 is 13.9 Å². The number of para-hydroxylation sites is 1. The van der Waals surface area contributed by atoms with Crippen LogP contribution in [0.5, 0.6) is 23.0 Å². The Morgan fingerprint density at radius 3 is 1.89 bits per heavy atom. The lowest BCUT2D eigenvalue weighted by atomic mass is 9.82. The Hall–Kier alpha value is -7.05. The fraction of sp³-hybridized carbons (Fsp3) is 0.0625. The van der Waals surface area contributed by atoms with Crippen molar-refractivity contribution in [3.8, 4) is 79.4 Å². The SMILES string of the molecule is CC1(C)c2ccccc2-c2cc3c(cc21)Oc1ccc(-c2ccccc2-c2nc(-c4ccccc4)nc(-c4ccc5c(c4)oc4ccccc45)n2)cc1O3. The average Bonchev–Trinajstić information content (AvgIpc) is 3.70. The Kier molecular flexibility index (Phi) is 6.49. The minimum atomic E-state index is -0.131. The predicted molar refractivity (Wildman–Crippen MR) is 213 cm³/mol. The Bertz CT molecular complexity index is 2980. The molecule has 6 nitrogen and oxygen atoms in total. The first-order chi connectivity index (χ1) is 26.5. The Balaban J connectivity index is 1.01. The molecule has 0 amide bonds. The standard InChI is InChI=1S/C48H31N3O3/c1-48(2)37-18-10-8-15-32(37)36-26-43-44(27-38(36)48)53-40-23-21-29(24-42(40)54-43)31-14-6-7-17-35(31)47-50-45(28-12-4-3-5-13-28)49-46(51-47)30-20-22-34-33-16-9-11-19-39(33)52-41(34)25-30/h3-27H,1-2H3. The van der Waals surface area contributed by atoms with Gasteiger partial charge in [0.1, 0.15) is 11.2 Å². The molecule has 0 saturated carbocycles. The predicted octanol–water partition coefficient (Wildman–Crippen LogP) is 12.6. The van der Waals surface area contributed by atoms with E-state index in [0.29, 0.717) is 34.7 Å². The lowest BCUT2D eigenvalue weighted by Gasteiger charge is -2.25. The average molecular weight is 698 g/mol. The molecule has 11 rings (SSSR count). The van der Waals surface area contributed by atoms with Gasteiger partial charge in [-0.3, -0.25) is 0 Å². The number of hydrogen-bond donors (Lipinski definition) is 0. The van der Waals surface area contributed by atoms with Crippen LogP contribution in [0.15, 0.2) is 156 Å². The molecule has 2 aliphatic rings. The summed E-state index contributed by atoms with van der Waals surface area (Å²) in [6, 6.07) is 51.4. The van der Waals surface area contributed by atoms with Crippen molar-refractivity contribution >= 4 is 21.9 Å². The Morgan fingerprint density at radius 1 is 0.389 bits per heavy atom. The van der Waals surface area contributed by atoms with Gasteiger partial charge in [0.25, 0.3) is 0 Å². The van der Waals surface area contributed by atoms with Crippen LogP contribution in [0, 0.1) is 0 Å². The number of nitrogens with zero attached hydrogens (tertiary/aromatic N) is 3. The van der Waals surface area contributed by atoms with E-state index in [1.165, 1.54) is 22.3 Å². The van der Waals surface area contributed by atoms with E-state index in [9.17, 15) is 0 Å². The summed E-state index contributed by atoms with van der Waals surface area (Å²) in [6.07, 6.45) is 0. The minimum Gasteiger partial charge on any atom is -0.456 e. The van der Waals surface area contributed by atoms with Gasteiger partial charge in [0.2, 0.25) is 0 Å². The number of rotatable bonds is 4. The molecule has 0 atom stereocenters. The van der Waals surface area contributed by atoms with Crippen molar-refractivity contribution in [3.05, 3.63) is 163 Å². The lowest BCUT2D eigenvalue weighted by Crippen LogP contribution is -2.15. The Morgan fingerprint density at radius 2 is 1.02 bits per heavy atom. The molecular formula is C48H31N3O3. The van der Waals surface area contributed by atoms with Gasteiger partial charge in [-0.05, 0) is 75.8 Å². The van der Waals surface area contributed by atoms with Crippen molar-refractivity contribution in [3.63, 3.8) is 0 Å². The number of ether oxygens (including phenoxy) is 2. The molecule has 3 heterocycles. The second kappa shape index (κ2) is 11.5. The van der Waals surface area contributed by atoms with E-state index in [-0.39, 0.29) is 5.41 Å². The van der Waals surface area contributed by atoms with Crippen LogP contribution in [-0.4, -0.2) is 15.0 Å². The van der Waals surface area contributed by atoms with Crippen molar-refractivity contribution in [1.29, 1.82) is 0 Å². The fourth-order valence-electron chi connectivity index (χ4n) is 8.08. The quantitative estimate of drug-likeness (QED) is 0.182. The van der Waals surface area contributed by atoms with Gasteiger partial charge in [-0.1, -0.05) is 123 Å². The second-order valence-corrected chi connectivity index (χ2v) is 14.4. The zero-order valence-corrected chi connectivity index (χ0v) is 29.5. The third-order valence-corrected chi connectivity index (χ3v) is 10.8. The van der Waals surface area contributed by atoms with E-state index in [1.54, 1.807) is 0 Å². The van der Waals surface area contributed by atoms with E-state index in [4.69, 9.17) is 28.8 Å². The van der Waals surface area contributed by atoms with Gasteiger partial charge in [-0.15, -0.1) is 0 Å². The third kappa shape index (κ3) is 4.70. The van der Waals surface area contributed by atoms with E-state index >= 15 is 0 Å². The molecule has 1 aliphatic carbocycles. The van der Waals surface area contributed by atoms with Gasteiger partial charge in [-0.25, -0.2) is 15.0 Å². The van der Waals surface area contributed by atoms with Crippen LogP contribution < -0.4 is 9.47 Å². The Labute approximate surface area is 311 Å². The molecule has 0 fully saturated rings. The van der Waals surface area contributed by atoms with Gasteiger partial charge < -0.3 is 13.9 Å². The highest BCUT2D eigenvalue weighted by Crippen LogP contribution is 2.55. The van der Waals surface area contributed by atoms with Crippen LogP contribution in [0.4, 0.5) is 0 Å². The zero-order chi connectivity index (χ0) is 36.0. The molecule has 0 bridgehead atoms. The summed E-state index contributed by atoms with van der Waals surface area (Å²) in [5.74, 6) is 4.47. The molecule has 54 heavy (non-hydrogen) atoms. The summed E-state index contributed by atoms with van der Waals surface area (Å²) in [7, 11) is 0. The van der Waals surface area contributed by atoms with Crippen LogP contribution >= 0.6 is 0 Å². The number of furan rings is 1. The van der Waals surface area contributed by atoms with Gasteiger partial charge >= 0.3 is 0 Å². The highest BCUT2D eigenvalue weighted by atomic mass is 16.6. The topological polar surface area (TPSA) is 70.3 Å². The smallest absolute Gasteiger partial charge is 0.170 e. The van der Waals surface area contributed by atoms with E-state index < -0.39 is 0 Å². The maximum Gasteiger partial charge on any atom is 0.170 e. The third-order valence-electron chi connectivity index (χ3n) is 10.8. The molecule has 7 aromatic carbocycles. The largest absolute Gasteiger partial charge is 0.456 e. The minimum absolute atomic E-state index is 0.131. The molecule has 9 aromatic rings. The molecule has 256 valence electrons. The van der Waals surface area contributed by atoms with Crippen molar-refractivity contribution in [2.24, 2.45) is 0 Å². The molecule has 0 unspecified atom stereocenters. The van der Waals surface area contributed by atoms with Crippen molar-refractivity contribution in [2.45, 2.75) is 19.3 Å². The number of hydrogen-bond acceptors (Lipinski definition) is 6. The van der Waals surface area contributed by atoms with Crippen LogP contribution in [0.3, 0.4) is 0 Å². The zero-order valence-electron chi connectivity index (χ0n) is 29.5. The summed E-state index contributed by atoms with van der Waals surface area (Å²) in [6.45, 7) is 4.53. The maximum absolute atomic E-state index is 6.63. The molecule has 0 radical (unpaired) electrons. The summed E-state index contributed by atoms with van der Waals surface area (Å²) in [5.41, 5.74) is 11.0. The van der Waals surface area contributed by atoms with Crippen LogP contribution in [-0.2, 0) is 5.41 Å². The van der Waals surface area contributed by atoms with E-state index in [1.807, 2.05) is 78.9 Å². The summed E-state index contributed by atoms with van der Waals surface area (Å²) in [4.78, 5) is 15.2. The van der Waals surface area contributed by atoms with Gasteiger partial charge in [-0.2, -0.15) is 0 Å². The molecule has 0 saturated heterocycles. The van der Waals surface area contributed by atoms with Crippen LogP contribution in [0.25, 0.3) is 78.4 Å². The lowest BCUT2D eigenvalue weighted by molar-refractivity contribution is 0.359. The molecule has 2 aromatic heterocycles. The number of benzene rings is 7. The second-order valence-electron chi connectivity index (χ2n) is 14.4. The molecule has 0 spiro atoms. The van der Waals surface area contributed by atoms with Gasteiger partial charge in [0.15, 0.2) is 40.5 Å². The molecule has 1 aliphatic heterocycles. The first-order valence-corrected chi connectivity index (χ1v) is 18.1. The number of fused-ring (bicyclic) bond motifs is 8. The van der Waals surface area contributed by atoms with Crippen molar-refractivity contribution in [1.82, 2.24) is 15.0 Å². The first-order valence-electron chi connectivity index (χ1n) is 18.1. The van der Waals surface area contributed by atoms with Gasteiger partial charge in [0, 0.05) is 32.9 Å². The van der Waals surface area contributed by atoms with Crippen LogP contribution in [0.2, 0.25) is 0 Å². The monoisotopic (exact) mass is 697 g/mol. The highest BCUT2D eigenvalue weighted by molar-refractivity contribution is 6.05. The number of aromatic nitrogens is 3. The molecular weight excluding hydrogens is 667 g/mol. The van der Waals surface area contributed by atoms with Crippen molar-refractivity contribution in [2.75, 3.05) is 0 Å². The summed E-state index contributed by atoms with van der Waals surface area (Å²) in [5, 5.41) is 2.13. The summed E-state index contributed by atoms with van der Waals surface area (Å²) >= 11 is 0. The van der Waals surface area contributed by atoms with Gasteiger partial charge in [0.05, 0.1) is 0 Å². The normalized spacial score (nSPS) is 13.4. The summed E-state index contributed by atoms with van der Waals surface area (Å²) < 4.78 is 19.4. The highest BCUT2D eigenvalue weighted by Gasteiger charge is 2.37. The van der Waals surface area contributed by atoms with Crippen LogP contribution in [0.1, 0.15) is 25.0 Å². The molecule has 6 heteroatoms. The van der Waals surface area contributed by atoms with E-state index in [0.717, 1.165) is 55.5 Å². The maximum atomic E-state index is 6.63. The van der Waals surface area contributed by atoms with E-state index in [2.05, 4.69) is 86.6 Å². The fourth-order valence-corrected chi connectivity index (χ4v) is 8.08. The molecule has 0 N–H and O–H groups in total. The first kappa shape index (κ1) is 30.6.